The number of thioether (sulfide) groups is 1. The third kappa shape index (κ3) is 5.58. The van der Waals surface area contributed by atoms with Crippen LogP contribution in [0.2, 0.25) is 10.0 Å². The molecule has 1 heterocycles. The normalized spacial score (nSPS) is 10.4. The molecule has 0 aliphatic heterocycles. The minimum Gasteiger partial charge on any atom is -0.324 e. The van der Waals surface area contributed by atoms with Gasteiger partial charge in [-0.3, -0.25) is 9.78 Å². The van der Waals surface area contributed by atoms with Crippen molar-refractivity contribution in [3.63, 3.8) is 0 Å². The number of benzene rings is 1. The number of anilines is 1. The number of hydrogen-bond donors (Lipinski definition) is 1. The van der Waals surface area contributed by atoms with E-state index in [1.807, 2.05) is 18.2 Å². The number of carbonyl (C=O) groups is 1. The molecule has 0 radical (unpaired) electrons. The van der Waals surface area contributed by atoms with Crippen LogP contribution in [0.5, 0.6) is 0 Å². The molecule has 0 unspecified atom stereocenters. The molecule has 1 N–H and O–H groups in total. The Morgan fingerprint density at radius 3 is 2.86 bits per heavy atom. The molecule has 1 aromatic carbocycles. The molecule has 0 saturated heterocycles. The zero-order valence-corrected chi connectivity index (χ0v) is 13.5. The Labute approximate surface area is 138 Å². The third-order valence-electron chi connectivity index (χ3n) is 2.66. The molecule has 0 saturated carbocycles. The number of nitrogens with one attached hydrogen (secondary N) is 1. The molecule has 0 fully saturated rings. The molecule has 0 bridgehead atoms. The lowest BCUT2D eigenvalue weighted by Crippen LogP contribution is -2.14. The minimum absolute atomic E-state index is 0.0924. The van der Waals surface area contributed by atoms with Crippen LogP contribution in [0.1, 0.15) is 5.69 Å². The zero-order chi connectivity index (χ0) is 15.1. The Morgan fingerprint density at radius 1 is 1.24 bits per heavy atom. The first-order valence-electron chi connectivity index (χ1n) is 6.38. The monoisotopic (exact) mass is 340 g/mol. The molecule has 0 spiro atoms. The summed E-state index contributed by atoms with van der Waals surface area (Å²) >= 11 is 13.4. The van der Waals surface area contributed by atoms with Gasteiger partial charge in [-0.05, 0) is 42.5 Å². The van der Waals surface area contributed by atoms with Crippen molar-refractivity contribution < 1.29 is 4.79 Å². The SMILES string of the molecule is O=C(CSCCc1ccccn1)Nc1cc(Cl)ccc1Cl. The lowest BCUT2D eigenvalue weighted by Gasteiger charge is -2.07. The fourth-order valence-corrected chi connectivity index (χ4v) is 2.76. The Hall–Kier alpha value is -1.23. The van der Waals surface area contributed by atoms with E-state index in [1.165, 1.54) is 0 Å². The number of aromatic nitrogens is 1. The summed E-state index contributed by atoms with van der Waals surface area (Å²) in [4.78, 5) is 16.1. The Kier molecular flexibility index (Phi) is 6.36. The third-order valence-corrected chi connectivity index (χ3v) is 4.19. The number of hydrogen-bond acceptors (Lipinski definition) is 3. The van der Waals surface area contributed by atoms with E-state index in [1.54, 1.807) is 36.2 Å². The van der Waals surface area contributed by atoms with Crippen LogP contribution < -0.4 is 5.32 Å². The fourth-order valence-electron chi connectivity index (χ4n) is 1.67. The second-order valence-corrected chi connectivity index (χ2v) is 6.24. The summed E-state index contributed by atoms with van der Waals surface area (Å²) in [6, 6.07) is 10.8. The molecule has 0 aliphatic rings. The van der Waals surface area contributed by atoms with Crippen molar-refractivity contribution in [3.8, 4) is 0 Å². The van der Waals surface area contributed by atoms with Crippen LogP contribution in [0.3, 0.4) is 0 Å². The first-order valence-corrected chi connectivity index (χ1v) is 8.29. The van der Waals surface area contributed by atoms with Crippen LogP contribution in [0.4, 0.5) is 5.69 Å². The molecule has 0 atom stereocenters. The molecular formula is C15H14Cl2N2OS. The van der Waals surface area contributed by atoms with E-state index in [0.29, 0.717) is 21.5 Å². The summed E-state index contributed by atoms with van der Waals surface area (Å²) in [6.45, 7) is 0. The van der Waals surface area contributed by atoms with E-state index < -0.39 is 0 Å². The van der Waals surface area contributed by atoms with Gasteiger partial charge >= 0.3 is 0 Å². The van der Waals surface area contributed by atoms with Crippen molar-refractivity contribution in [2.24, 2.45) is 0 Å². The highest BCUT2D eigenvalue weighted by molar-refractivity contribution is 7.99. The molecule has 2 rings (SSSR count). The van der Waals surface area contributed by atoms with E-state index in [9.17, 15) is 4.79 Å². The number of pyridine rings is 1. The number of carbonyl (C=O) groups excluding carboxylic acids is 1. The number of rotatable bonds is 6. The van der Waals surface area contributed by atoms with Gasteiger partial charge in [0.25, 0.3) is 0 Å². The summed E-state index contributed by atoms with van der Waals surface area (Å²) in [5.74, 6) is 1.12. The average Bonchev–Trinajstić information content (AvgIpc) is 2.48. The highest BCUT2D eigenvalue weighted by Crippen LogP contribution is 2.25. The second-order valence-electron chi connectivity index (χ2n) is 4.30. The van der Waals surface area contributed by atoms with E-state index in [4.69, 9.17) is 23.2 Å². The van der Waals surface area contributed by atoms with Crippen LogP contribution in [0, 0.1) is 0 Å². The second kappa shape index (κ2) is 8.27. The lowest BCUT2D eigenvalue weighted by molar-refractivity contribution is -0.113. The number of amides is 1. The maximum Gasteiger partial charge on any atom is 0.234 e. The molecular weight excluding hydrogens is 327 g/mol. The van der Waals surface area contributed by atoms with Crippen molar-refractivity contribution >= 4 is 46.6 Å². The molecule has 1 amide bonds. The fraction of sp³-hybridized carbons (Fsp3) is 0.200. The van der Waals surface area contributed by atoms with Crippen molar-refractivity contribution in [2.45, 2.75) is 6.42 Å². The maximum atomic E-state index is 11.8. The van der Waals surface area contributed by atoms with Crippen LogP contribution >= 0.6 is 35.0 Å². The Bertz CT molecular complexity index is 608. The smallest absolute Gasteiger partial charge is 0.234 e. The van der Waals surface area contributed by atoms with Gasteiger partial charge in [0.15, 0.2) is 0 Å². The van der Waals surface area contributed by atoms with Gasteiger partial charge in [-0.25, -0.2) is 0 Å². The molecule has 0 aliphatic carbocycles. The first-order chi connectivity index (χ1) is 10.1. The van der Waals surface area contributed by atoms with Gasteiger partial charge < -0.3 is 5.32 Å². The number of nitrogens with zero attached hydrogens (tertiary/aromatic N) is 1. The maximum absolute atomic E-state index is 11.8. The van der Waals surface area contributed by atoms with E-state index in [-0.39, 0.29) is 5.91 Å². The molecule has 1 aromatic heterocycles. The van der Waals surface area contributed by atoms with Gasteiger partial charge in [0.05, 0.1) is 16.5 Å². The Balaban J connectivity index is 1.74. The highest BCUT2D eigenvalue weighted by Gasteiger charge is 2.06. The number of halogens is 2. The standard InChI is InChI=1S/C15H14Cl2N2OS/c16-11-4-5-13(17)14(9-11)19-15(20)10-21-8-6-12-3-1-2-7-18-12/h1-5,7,9H,6,8,10H2,(H,19,20). The number of aryl methyl sites for hydroxylation is 1. The average molecular weight is 341 g/mol. The van der Waals surface area contributed by atoms with E-state index in [0.717, 1.165) is 17.9 Å². The largest absolute Gasteiger partial charge is 0.324 e. The van der Waals surface area contributed by atoms with Crippen molar-refractivity contribution in [1.82, 2.24) is 4.98 Å². The summed E-state index contributed by atoms with van der Waals surface area (Å²) in [6.07, 6.45) is 2.62. The van der Waals surface area contributed by atoms with Crippen molar-refractivity contribution in [3.05, 3.63) is 58.3 Å². The van der Waals surface area contributed by atoms with E-state index >= 15 is 0 Å². The van der Waals surface area contributed by atoms with Crippen LogP contribution in [-0.4, -0.2) is 22.4 Å². The van der Waals surface area contributed by atoms with Crippen LogP contribution in [0.15, 0.2) is 42.6 Å². The van der Waals surface area contributed by atoms with Gasteiger partial charge in [0.1, 0.15) is 0 Å². The first kappa shape index (κ1) is 16.1. The van der Waals surface area contributed by atoms with Crippen molar-refractivity contribution in [1.29, 1.82) is 0 Å². The quantitative estimate of drug-likeness (QED) is 0.797. The van der Waals surface area contributed by atoms with Crippen molar-refractivity contribution in [2.75, 3.05) is 16.8 Å². The zero-order valence-electron chi connectivity index (χ0n) is 11.2. The molecule has 6 heteroatoms. The summed E-state index contributed by atoms with van der Waals surface area (Å²) in [5, 5.41) is 3.78. The molecule has 21 heavy (non-hydrogen) atoms. The molecule has 3 nitrogen and oxygen atoms in total. The van der Waals surface area contributed by atoms with Gasteiger partial charge in [-0.2, -0.15) is 11.8 Å². The molecule has 110 valence electrons. The predicted molar refractivity (Wildman–Crippen MR) is 90.4 cm³/mol. The summed E-state index contributed by atoms with van der Waals surface area (Å²) in [7, 11) is 0. The van der Waals surface area contributed by atoms with Crippen LogP contribution in [0.25, 0.3) is 0 Å². The summed E-state index contributed by atoms with van der Waals surface area (Å²) < 4.78 is 0. The highest BCUT2D eigenvalue weighted by atomic mass is 35.5. The lowest BCUT2D eigenvalue weighted by atomic mass is 10.3. The summed E-state index contributed by atoms with van der Waals surface area (Å²) in [5.41, 5.74) is 1.57. The van der Waals surface area contributed by atoms with Gasteiger partial charge in [-0.15, -0.1) is 0 Å². The van der Waals surface area contributed by atoms with E-state index in [2.05, 4.69) is 10.3 Å². The van der Waals surface area contributed by atoms with Gasteiger partial charge in [0.2, 0.25) is 5.91 Å². The topological polar surface area (TPSA) is 42.0 Å². The van der Waals surface area contributed by atoms with Gasteiger partial charge in [-0.1, -0.05) is 29.3 Å². The minimum atomic E-state index is -0.0924. The Morgan fingerprint density at radius 2 is 2.10 bits per heavy atom. The molecule has 2 aromatic rings. The van der Waals surface area contributed by atoms with Gasteiger partial charge in [0, 0.05) is 16.9 Å². The van der Waals surface area contributed by atoms with Crippen LogP contribution in [-0.2, 0) is 11.2 Å². The predicted octanol–water partition coefficient (Wildman–Crippen LogP) is 4.30.